The summed E-state index contributed by atoms with van der Waals surface area (Å²) in [5, 5.41) is 2.35. The van der Waals surface area contributed by atoms with Crippen LogP contribution in [0.5, 0.6) is 0 Å². The van der Waals surface area contributed by atoms with Gasteiger partial charge in [0.2, 0.25) is 0 Å². The molecule has 0 atom stereocenters. The molecule has 0 bridgehead atoms. The number of carbonyl (C=O) groups excluding carboxylic acids is 1. The van der Waals surface area contributed by atoms with Crippen molar-refractivity contribution in [2.24, 2.45) is 0 Å². The van der Waals surface area contributed by atoms with Crippen molar-refractivity contribution in [3.8, 4) is 0 Å². The molecule has 0 amide bonds. The van der Waals surface area contributed by atoms with Gasteiger partial charge in [0.05, 0.1) is 0 Å². The Labute approximate surface area is 124 Å². The smallest absolute Gasteiger partial charge is 0.193 e. The van der Waals surface area contributed by atoms with Crippen LogP contribution < -0.4 is 0 Å². The second-order valence-electron chi connectivity index (χ2n) is 5.66. The Morgan fingerprint density at radius 2 is 1.52 bits per heavy atom. The molecule has 3 aromatic carbocycles. The van der Waals surface area contributed by atoms with E-state index in [1.807, 2.05) is 36.4 Å². The van der Waals surface area contributed by atoms with E-state index in [0.717, 1.165) is 29.4 Å². The van der Waals surface area contributed by atoms with Gasteiger partial charge in [0.1, 0.15) is 0 Å². The molecule has 1 aliphatic carbocycles. The number of benzene rings is 3. The molecule has 0 fully saturated rings. The summed E-state index contributed by atoms with van der Waals surface area (Å²) in [5.74, 6) is 0.126. The third-order valence-electron chi connectivity index (χ3n) is 4.40. The van der Waals surface area contributed by atoms with Crippen LogP contribution in [0, 0.1) is 0 Å². The van der Waals surface area contributed by atoms with Gasteiger partial charge < -0.3 is 0 Å². The molecule has 21 heavy (non-hydrogen) atoms. The van der Waals surface area contributed by atoms with Crippen LogP contribution in [0.2, 0.25) is 0 Å². The van der Waals surface area contributed by atoms with E-state index in [1.165, 1.54) is 22.9 Å². The van der Waals surface area contributed by atoms with Crippen molar-refractivity contribution >= 4 is 16.6 Å². The number of fused-ring (bicyclic) bond motifs is 3. The summed E-state index contributed by atoms with van der Waals surface area (Å²) in [5.41, 5.74) is 4.40. The Hall–Kier alpha value is -2.41. The Morgan fingerprint density at radius 3 is 2.33 bits per heavy atom. The number of carbonyl (C=O) groups is 1. The first-order valence-corrected chi connectivity index (χ1v) is 7.48. The van der Waals surface area contributed by atoms with Crippen molar-refractivity contribution in [3.05, 3.63) is 82.9 Å². The van der Waals surface area contributed by atoms with Gasteiger partial charge in [-0.2, -0.15) is 0 Å². The minimum atomic E-state index is 0.126. The second kappa shape index (κ2) is 4.85. The molecule has 4 rings (SSSR count). The highest BCUT2D eigenvalue weighted by atomic mass is 16.1. The number of rotatable bonds is 2. The number of hydrogen-bond acceptors (Lipinski definition) is 1. The molecule has 0 aliphatic heterocycles. The van der Waals surface area contributed by atoms with E-state index in [2.05, 4.69) is 24.3 Å². The van der Waals surface area contributed by atoms with Crippen LogP contribution in [0.15, 0.2) is 60.7 Å². The standard InChI is InChI=1S/C20H16O/c21-20(14-7-2-1-3-8-14)19-13-15-9-6-12-16(15)17-10-4-5-11-18(17)19/h1-5,7-8,10-11,13H,6,9,12H2. The number of hydrogen-bond donors (Lipinski definition) is 0. The average molecular weight is 272 g/mol. The van der Waals surface area contributed by atoms with Crippen LogP contribution >= 0.6 is 0 Å². The van der Waals surface area contributed by atoms with Crippen LogP contribution in [-0.2, 0) is 12.8 Å². The summed E-state index contributed by atoms with van der Waals surface area (Å²) in [6.45, 7) is 0. The minimum Gasteiger partial charge on any atom is -0.289 e. The quantitative estimate of drug-likeness (QED) is 0.625. The minimum absolute atomic E-state index is 0.126. The fourth-order valence-electron chi connectivity index (χ4n) is 3.40. The lowest BCUT2D eigenvalue weighted by Crippen LogP contribution is -2.03. The maximum Gasteiger partial charge on any atom is 0.193 e. The number of ketones is 1. The van der Waals surface area contributed by atoms with E-state index < -0.39 is 0 Å². The first-order chi connectivity index (χ1) is 10.3. The van der Waals surface area contributed by atoms with E-state index in [4.69, 9.17) is 0 Å². The van der Waals surface area contributed by atoms with Gasteiger partial charge in [0, 0.05) is 11.1 Å². The molecule has 0 spiro atoms. The van der Waals surface area contributed by atoms with Crippen molar-refractivity contribution in [3.63, 3.8) is 0 Å². The van der Waals surface area contributed by atoms with E-state index in [1.54, 1.807) is 0 Å². The van der Waals surface area contributed by atoms with Crippen LogP contribution in [0.25, 0.3) is 10.8 Å². The molecule has 0 saturated heterocycles. The zero-order chi connectivity index (χ0) is 14.2. The first kappa shape index (κ1) is 12.3. The van der Waals surface area contributed by atoms with Gasteiger partial charge >= 0.3 is 0 Å². The van der Waals surface area contributed by atoms with Crippen LogP contribution in [0.3, 0.4) is 0 Å². The lowest BCUT2D eigenvalue weighted by Gasteiger charge is -2.11. The van der Waals surface area contributed by atoms with Gasteiger partial charge in [-0.05, 0) is 47.2 Å². The monoisotopic (exact) mass is 272 g/mol. The maximum atomic E-state index is 12.9. The topological polar surface area (TPSA) is 17.1 Å². The summed E-state index contributed by atoms with van der Waals surface area (Å²) in [6, 6.07) is 20.0. The van der Waals surface area contributed by atoms with Crippen molar-refractivity contribution in [2.75, 3.05) is 0 Å². The van der Waals surface area contributed by atoms with E-state index in [9.17, 15) is 4.79 Å². The molecule has 1 aliphatic rings. The van der Waals surface area contributed by atoms with Gasteiger partial charge in [-0.1, -0.05) is 54.6 Å². The molecule has 0 heterocycles. The summed E-state index contributed by atoms with van der Waals surface area (Å²) >= 11 is 0. The zero-order valence-electron chi connectivity index (χ0n) is 11.8. The molecule has 1 nitrogen and oxygen atoms in total. The Bertz CT molecular complexity index is 831. The van der Waals surface area contributed by atoms with Crippen LogP contribution in [0.1, 0.15) is 33.5 Å². The summed E-state index contributed by atoms with van der Waals surface area (Å²) in [6.07, 6.45) is 3.42. The van der Waals surface area contributed by atoms with Crippen molar-refractivity contribution in [2.45, 2.75) is 19.3 Å². The van der Waals surface area contributed by atoms with Gasteiger partial charge in [-0.3, -0.25) is 4.79 Å². The molecule has 0 N–H and O–H groups in total. The van der Waals surface area contributed by atoms with Gasteiger partial charge in [0.15, 0.2) is 5.78 Å². The fraction of sp³-hybridized carbons (Fsp3) is 0.150. The predicted molar refractivity (Wildman–Crippen MR) is 85.8 cm³/mol. The summed E-state index contributed by atoms with van der Waals surface area (Å²) < 4.78 is 0. The first-order valence-electron chi connectivity index (χ1n) is 7.48. The SMILES string of the molecule is O=C(c1ccccc1)c1cc2c(c3ccccc13)CCC2. The Morgan fingerprint density at radius 1 is 0.810 bits per heavy atom. The third-order valence-corrected chi connectivity index (χ3v) is 4.40. The summed E-state index contributed by atoms with van der Waals surface area (Å²) in [7, 11) is 0. The zero-order valence-corrected chi connectivity index (χ0v) is 11.8. The van der Waals surface area contributed by atoms with Gasteiger partial charge in [-0.25, -0.2) is 0 Å². The predicted octanol–water partition coefficient (Wildman–Crippen LogP) is 4.56. The molecule has 0 radical (unpaired) electrons. The molecule has 0 aromatic heterocycles. The second-order valence-corrected chi connectivity index (χ2v) is 5.66. The van der Waals surface area contributed by atoms with Gasteiger partial charge in [-0.15, -0.1) is 0 Å². The highest BCUT2D eigenvalue weighted by Crippen LogP contribution is 2.33. The average Bonchev–Trinajstić information content (AvgIpc) is 3.03. The molecule has 1 heteroatoms. The van der Waals surface area contributed by atoms with E-state index in [-0.39, 0.29) is 5.78 Å². The third kappa shape index (κ3) is 1.97. The summed E-state index contributed by atoms with van der Waals surface area (Å²) in [4.78, 5) is 12.9. The van der Waals surface area contributed by atoms with Crippen molar-refractivity contribution in [1.29, 1.82) is 0 Å². The molecule has 0 saturated carbocycles. The van der Waals surface area contributed by atoms with Crippen LogP contribution in [0.4, 0.5) is 0 Å². The van der Waals surface area contributed by atoms with E-state index >= 15 is 0 Å². The van der Waals surface area contributed by atoms with Crippen LogP contribution in [-0.4, -0.2) is 5.78 Å². The number of aryl methyl sites for hydroxylation is 2. The largest absolute Gasteiger partial charge is 0.289 e. The molecular weight excluding hydrogens is 256 g/mol. The lowest BCUT2D eigenvalue weighted by atomic mass is 9.92. The Balaban J connectivity index is 1.97. The molecular formula is C20H16O. The maximum absolute atomic E-state index is 12.9. The van der Waals surface area contributed by atoms with Crippen molar-refractivity contribution < 1.29 is 4.79 Å². The fourth-order valence-corrected chi connectivity index (χ4v) is 3.40. The molecule has 0 unspecified atom stereocenters. The highest BCUT2D eigenvalue weighted by molar-refractivity contribution is 6.17. The lowest BCUT2D eigenvalue weighted by molar-refractivity contribution is 0.104. The Kier molecular flexibility index (Phi) is 2.85. The normalized spacial score (nSPS) is 13.3. The van der Waals surface area contributed by atoms with E-state index in [0.29, 0.717) is 0 Å². The molecule has 102 valence electrons. The van der Waals surface area contributed by atoms with Gasteiger partial charge in [0.25, 0.3) is 0 Å². The molecule has 3 aromatic rings. The van der Waals surface area contributed by atoms with Crippen molar-refractivity contribution in [1.82, 2.24) is 0 Å². The highest BCUT2D eigenvalue weighted by Gasteiger charge is 2.20.